The number of carbonyl (C=O) groups excluding carboxylic acids is 1. The Labute approximate surface area is 196 Å². The Balaban J connectivity index is 1.52. The van der Waals surface area contributed by atoms with Crippen LogP contribution in [0.3, 0.4) is 0 Å². The maximum Gasteiger partial charge on any atom is 0.281 e. The monoisotopic (exact) mass is 463 g/mol. The summed E-state index contributed by atoms with van der Waals surface area (Å²) in [6.07, 6.45) is 4.88. The van der Waals surface area contributed by atoms with Gasteiger partial charge in [-0.25, -0.2) is 4.98 Å². The first kappa shape index (κ1) is 22.8. The lowest BCUT2D eigenvalue weighted by Gasteiger charge is -2.12. The van der Waals surface area contributed by atoms with Crippen LogP contribution in [-0.4, -0.2) is 46.5 Å². The van der Waals surface area contributed by atoms with Gasteiger partial charge in [-0.05, 0) is 38.1 Å². The van der Waals surface area contributed by atoms with Crippen LogP contribution >= 0.6 is 0 Å². The standard InChI is InChI=1S/C24H25N5O5/c1-5-29-14-21(33-6-2)23(28-29)24(30)27-22-8-7-15(13-26-22)34-18-9-10-25-17-12-20(32-4)19(31-3)11-16(17)18/h7-14H,5-6H2,1-4H3,(H,26,27,30). The number of rotatable bonds is 9. The normalized spacial score (nSPS) is 10.7. The lowest BCUT2D eigenvalue weighted by atomic mass is 10.2. The first-order valence-electron chi connectivity index (χ1n) is 10.7. The molecule has 4 rings (SSSR count). The second-order valence-corrected chi connectivity index (χ2v) is 7.10. The van der Waals surface area contributed by atoms with Crippen LogP contribution in [0.25, 0.3) is 10.9 Å². The van der Waals surface area contributed by atoms with Crippen molar-refractivity contribution >= 4 is 22.6 Å². The molecule has 0 aliphatic carbocycles. The van der Waals surface area contributed by atoms with Gasteiger partial charge in [0.15, 0.2) is 22.9 Å². The largest absolute Gasteiger partial charge is 0.493 e. The summed E-state index contributed by atoms with van der Waals surface area (Å²) in [7, 11) is 3.14. The summed E-state index contributed by atoms with van der Waals surface area (Å²) < 4.78 is 23.9. The van der Waals surface area contributed by atoms with Crippen LogP contribution in [0.5, 0.6) is 28.7 Å². The summed E-state index contributed by atoms with van der Waals surface area (Å²) in [6.45, 7) is 4.84. The summed E-state index contributed by atoms with van der Waals surface area (Å²) in [5.41, 5.74) is 0.905. The highest BCUT2D eigenvalue weighted by Crippen LogP contribution is 2.36. The number of methoxy groups -OCH3 is 2. The van der Waals surface area contributed by atoms with Crippen molar-refractivity contribution in [2.75, 3.05) is 26.1 Å². The van der Waals surface area contributed by atoms with Crippen LogP contribution in [0.2, 0.25) is 0 Å². The number of nitrogens with one attached hydrogen (secondary N) is 1. The van der Waals surface area contributed by atoms with Gasteiger partial charge in [0.2, 0.25) is 0 Å². The topological polar surface area (TPSA) is 110 Å². The molecule has 0 atom stereocenters. The van der Waals surface area contributed by atoms with Gasteiger partial charge in [-0.1, -0.05) is 0 Å². The van der Waals surface area contributed by atoms with Gasteiger partial charge in [0.1, 0.15) is 17.3 Å². The van der Waals surface area contributed by atoms with Gasteiger partial charge in [-0.15, -0.1) is 0 Å². The van der Waals surface area contributed by atoms with Gasteiger partial charge in [0.05, 0.1) is 38.7 Å². The number of hydrogen-bond donors (Lipinski definition) is 1. The summed E-state index contributed by atoms with van der Waals surface area (Å²) in [5.74, 6) is 2.61. The van der Waals surface area contributed by atoms with E-state index in [0.717, 1.165) is 5.39 Å². The van der Waals surface area contributed by atoms with Crippen LogP contribution in [0.4, 0.5) is 5.82 Å². The molecule has 0 aliphatic rings. The molecule has 10 heteroatoms. The molecule has 34 heavy (non-hydrogen) atoms. The fraction of sp³-hybridized carbons (Fsp3) is 0.250. The highest BCUT2D eigenvalue weighted by Gasteiger charge is 2.18. The quantitative estimate of drug-likeness (QED) is 0.391. The molecule has 3 heterocycles. The van der Waals surface area contributed by atoms with E-state index in [1.807, 2.05) is 19.9 Å². The van der Waals surface area contributed by atoms with E-state index in [0.29, 0.717) is 53.2 Å². The molecule has 0 unspecified atom stereocenters. The van der Waals surface area contributed by atoms with E-state index in [1.54, 1.807) is 55.6 Å². The van der Waals surface area contributed by atoms with Crippen molar-refractivity contribution in [3.8, 4) is 28.7 Å². The summed E-state index contributed by atoms with van der Waals surface area (Å²) in [5, 5.41) is 7.77. The van der Waals surface area contributed by atoms with Gasteiger partial charge in [0, 0.05) is 24.2 Å². The Kier molecular flexibility index (Phi) is 6.77. The van der Waals surface area contributed by atoms with E-state index in [4.69, 9.17) is 18.9 Å². The average molecular weight is 463 g/mol. The van der Waals surface area contributed by atoms with Crippen molar-refractivity contribution in [2.45, 2.75) is 20.4 Å². The molecule has 0 saturated carbocycles. The molecule has 0 bridgehead atoms. The Morgan fingerprint density at radius 3 is 2.47 bits per heavy atom. The number of aromatic nitrogens is 4. The maximum absolute atomic E-state index is 12.7. The lowest BCUT2D eigenvalue weighted by molar-refractivity contribution is 0.101. The fourth-order valence-corrected chi connectivity index (χ4v) is 3.34. The van der Waals surface area contributed by atoms with Crippen LogP contribution in [0.1, 0.15) is 24.3 Å². The highest BCUT2D eigenvalue weighted by atomic mass is 16.5. The summed E-state index contributed by atoms with van der Waals surface area (Å²) >= 11 is 0. The molecule has 0 spiro atoms. The average Bonchev–Trinajstić information content (AvgIpc) is 3.28. The fourth-order valence-electron chi connectivity index (χ4n) is 3.34. The van der Waals surface area contributed by atoms with E-state index in [9.17, 15) is 4.79 Å². The highest BCUT2D eigenvalue weighted by molar-refractivity contribution is 6.04. The lowest BCUT2D eigenvalue weighted by Crippen LogP contribution is -2.15. The first-order chi connectivity index (χ1) is 16.6. The molecule has 0 saturated heterocycles. The van der Waals surface area contributed by atoms with Crippen LogP contribution in [-0.2, 0) is 6.54 Å². The molecule has 0 aliphatic heterocycles. The number of amides is 1. The van der Waals surface area contributed by atoms with Gasteiger partial charge in [0.25, 0.3) is 5.91 Å². The van der Waals surface area contributed by atoms with Gasteiger partial charge < -0.3 is 24.3 Å². The van der Waals surface area contributed by atoms with Crippen molar-refractivity contribution < 1.29 is 23.7 Å². The minimum atomic E-state index is -0.405. The van der Waals surface area contributed by atoms with Gasteiger partial charge in [-0.3, -0.25) is 14.5 Å². The number of pyridine rings is 2. The van der Waals surface area contributed by atoms with Crippen molar-refractivity contribution in [2.24, 2.45) is 0 Å². The minimum Gasteiger partial charge on any atom is -0.493 e. The van der Waals surface area contributed by atoms with Crippen molar-refractivity contribution in [3.63, 3.8) is 0 Å². The van der Waals surface area contributed by atoms with Crippen LogP contribution in [0.15, 0.2) is 48.9 Å². The Hall–Kier alpha value is -4.34. The van der Waals surface area contributed by atoms with Gasteiger partial charge >= 0.3 is 0 Å². The number of hydrogen-bond acceptors (Lipinski definition) is 8. The van der Waals surface area contributed by atoms with Crippen molar-refractivity contribution in [1.82, 2.24) is 19.7 Å². The smallest absolute Gasteiger partial charge is 0.281 e. The molecular formula is C24H25N5O5. The number of fused-ring (bicyclic) bond motifs is 1. The molecule has 3 aromatic heterocycles. The Bertz CT molecular complexity index is 1300. The molecular weight excluding hydrogens is 438 g/mol. The van der Waals surface area contributed by atoms with Gasteiger partial charge in [-0.2, -0.15) is 5.10 Å². The first-order valence-corrected chi connectivity index (χ1v) is 10.7. The van der Waals surface area contributed by atoms with Crippen LogP contribution in [0, 0.1) is 0 Å². The SMILES string of the molecule is CCOc1cn(CC)nc1C(=O)Nc1ccc(Oc2ccnc3cc(OC)c(OC)cc23)cn1. The zero-order chi connectivity index (χ0) is 24.1. The molecule has 1 aromatic carbocycles. The molecule has 10 nitrogen and oxygen atoms in total. The molecule has 0 radical (unpaired) electrons. The van der Waals surface area contributed by atoms with Crippen LogP contribution < -0.4 is 24.3 Å². The van der Waals surface area contributed by atoms with Crippen molar-refractivity contribution in [1.29, 1.82) is 0 Å². The van der Waals surface area contributed by atoms with Crippen molar-refractivity contribution in [3.05, 3.63) is 54.6 Å². The number of carbonyl (C=O) groups is 1. The third kappa shape index (κ3) is 4.70. The summed E-state index contributed by atoms with van der Waals surface area (Å²) in [4.78, 5) is 21.4. The second-order valence-electron chi connectivity index (χ2n) is 7.10. The number of anilines is 1. The van der Waals surface area contributed by atoms with E-state index in [1.165, 1.54) is 6.20 Å². The maximum atomic E-state index is 12.7. The van der Waals surface area contributed by atoms with E-state index in [2.05, 4.69) is 20.4 Å². The molecule has 1 N–H and O–H groups in total. The second kappa shape index (κ2) is 10.1. The number of benzene rings is 1. The zero-order valence-electron chi connectivity index (χ0n) is 19.4. The Morgan fingerprint density at radius 2 is 1.79 bits per heavy atom. The number of aryl methyl sites for hydroxylation is 1. The molecule has 0 fully saturated rings. The minimum absolute atomic E-state index is 0.207. The zero-order valence-corrected chi connectivity index (χ0v) is 19.4. The molecule has 176 valence electrons. The molecule has 4 aromatic rings. The third-order valence-electron chi connectivity index (χ3n) is 4.98. The molecule has 1 amide bonds. The third-order valence-corrected chi connectivity index (χ3v) is 4.98. The van der Waals surface area contributed by atoms with E-state index < -0.39 is 5.91 Å². The Morgan fingerprint density at radius 1 is 1.00 bits per heavy atom. The predicted octanol–water partition coefficient (Wildman–Crippen LogP) is 4.31. The number of ether oxygens (including phenoxy) is 4. The van der Waals surface area contributed by atoms with E-state index >= 15 is 0 Å². The van der Waals surface area contributed by atoms with E-state index in [-0.39, 0.29) is 5.69 Å². The summed E-state index contributed by atoms with van der Waals surface area (Å²) in [6, 6.07) is 8.71. The number of nitrogens with zero attached hydrogens (tertiary/aromatic N) is 4. The predicted molar refractivity (Wildman–Crippen MR) is 126 cm³/mol.